The number of nitro groups is 1. The van der Waals surface area contributed by atoms with Gasteiger partial charge in [-0.2, -0.15) is 0 Å². The van der Waals surface area contributed by atoms with Crippen LogP contribution in [0.2, 0.25) is 0 Å². The second kappa shape index (κ2) is 15.0. The number of hydrogen-bond donors (Lipinski definition) is 3. The number of carbonyl (C=O) groups is 1. The molecule has 2 bridgehead atoms. The Morgan fingerprint density at radius 3 is 2.37 bits per heavy atom. The second-order valence-corrected chi connectivity index (χ2v) is 17.3. The van der Waals surface area contributed by atoms with Crippen LogP contribution in [0, 0.1) is 33.3 Å². The number of nitrogens with zero attached hydrogens (tertiary/aromatic N) is 3. The first-order chi connectivity index (χ1) is 24.9. The van der Waals surface area contributed by atoms with Crippen LogP contribution in [0.15, 0.2) is 71.6 Å². The standard InChI is InChI=1S/C39H50N6O6S/c1-39(2)24-30-21-31(39)22-36(30)41-34-6-4-3-5-29(34)26-43-15-17-44(18-16-43)32-9-7-28(8-10-32)38(46)42-52(49,50)33-11-12-35(37(23-33)45(47)48)40-25-27-13-19-51-20-14-27/h3-12,23,27,30-31,36,40-41H,13-22,24-26H2,1-2H3,(H,42,46)/t30-,31-,36?/m1/s1. The Balaban J connectivity index is 0.915. The molecular weight excluding hydrogens is 681 g/mol. The smallest absolute Gasteiger partial charge is 0.293 e. The summed E-state index contributed by atoms with van der Waals surface area (Å²) in [6.45, 7) is 11.0. The average molecular weight is 731 g/mol. The first-order valence-electron chi connectivity index (χ1n) is 18.5. The lowest BCUT2D eigenvalue weighted by Gasteiger charge is -2.37. The number of piperazine rings is 1. The predicted octanol–water partition coefficient (Wildman–Crippen LogP) is 6.11. The van der Waals surface area contributed by atoms with E-state index in [2.05, 4.69) is 63.3 Å². The van der Waals surface area contributed by atoms with Gasteiger partial charge in [0.15, 0.2) is 0 Å². The third-order valence-corrected chi connectivity index (χ3v) is 13.2. The molecule has 0 spiro atoms. The van der Waals surface area contributed by atoms with Crippen molar-refractivity contribution >= 4 is 38.7 Å². The molecule has 4 fully saturated rings. The van der Waals surface area contributed by atoms with Gasteiger partial charge in [-0.15, -0.1) is 0 Å². The number of sulfonamides is 1. The summed E-state index contributed by atoms with van der Waals surface area (Å²) in [5, 5.41) is 18.8. The molecule has 3 N–H and O–H groups in total. The number of rotatable bonds is 12. The van der Waals surface area contributed by atoms with E-state index in [0.717, 1.165) is 69.2 Å². The van der Waals surface area contributed by atoms with Crippen molar-refractivity contribution in [2.75, 3.05) is 61.5 Å². The number of anilines is 3. The van der Waals surface area contributed by atoms with Crippen molar-refractivity contribution in [3.8, 4) is 0 Å². The largest absolute Gasteiger partial charge is 0.382 e. The Morgan fingerprint density at radius 2 is 1.69 bits per heavy atom. The molecule has 2 saturated carbocycles. The third kappa shape index (κ3) is 8.06. The minimum absolute atomic E-state index is 0.179. The van der Waals surface area contributed by atoms with Crippen molar-refractivity contribution in [2.45, 2.75) is 63.4 Å². The van der Waals surface area contributed by atoms with Gasteiger partial charge in [0.25, 0.3) is 21.6 Å². The number of nitro benzene ring substituents is 1. The monoisotopic (exact) mass is 730 g/mol. The van der Waals surface area contributed by atoms with Crippen LogP contribution in [-0.2, 0) is 21.3 Å². The second-order valence-electron chi connectivity index (χ2n) is 15.6. The maximum Gasteiger partial charge on any atom is 0.293 e. The van der Waals surface area contributed by atoms with Crippen LogP contribution < -0.4 is 20.3 Å². The molecule has 2 saturated heterocycles. The van der Waals surface area contributed by atoms with Crippen LogP contribution in [0.25, 0.3) is 0 Å². The van der Waals surface area contributed by atoms with E-state index in [0.29, 0.717) is 37.1 Å². The molecule has 278 valence electrons. The maximum atomic E-state index is 13.1. The summed E-state index contributed by atoms with van der Waals surface area (Å²) in [5.74, 6) is 1.08. The van der Waals surface area contributed by atoms with Crippen LogP contribution in [0.5, 0.6) is 0 Å². The van der Waals surface area contributed by atoms with E-state index in [1.165, 1.54) is 42.6 Å². The van der Waals surface area contributed by atoms with Gasteiger partial charge in [0.05, 0.1) is 9.82 Å². The number of ether oxygens (including phenoxy) is 1. The molecule has 3 atom stereocenters. The summed E-state index contributed by atoms with van der Waals surface area (Å²) in [5.41, 5.74) is 4.06. The van der Waals surface area contributed by atoms with E-state index in [4.69, 9.17) is 4.74 Å². The highest BCUT2D eigenvalue weighted by Crippen LogP contribution is 2.56. The molecular formula is C39H50N6O6S. The van der Waals surface area contributed by atoms with Gasteiger partial charge in [-0.1, -0.05) is 32.0 Å². The van der Waals surface area contributed by atoms with Gasteiger partial charge in [0.2, 0.25) is 0 Å². The van der Waals surface area contributed by atoms with Crippen LogP contribution in [0.3, 0.4) is 0 Å². The Bertz CT molecular complexity index is 1870. The first-order valence-corrected chi connectivity index (χ1v) is 20.0. The van der Waals surface area contributed by atoms with Gasteiger partial charge < -0.3 is 20.3 Å². The molecule has 52 heavy (non-hydrogen) atoms. The minimum atomic E-state index is -4.36. The Morgan fingerprint density at radius 1 is 0.962 bits per heavy atom. The van der Waals surface area contributed by atoms with Crippen molar-refractivity contribution in [3.05, 3.63) is 88.0 Å². The molecule has 1 unspecified atom stereocenters. The zero-order valence-electron chi connectivity index (χ0n) is 30.1. The summed E-state index contributed by atoms with van der Waals surface area (Å²) < 4.78 is 33.7. The van der Waals surface area contributed by atoms with E-state index in [1.54, 1.807) is 12.1 Å². The molecule has 0 radical (unpaired) electrons. The fourth-order valence-electron chi connectivity index (χ4n) is 8.66. The summed E-state index contributed by atoms with van der Waals surface area (Å²) in [4.78, 5) is 28.6. The highest BCUT2D eigenvalue weighted by Gasteiger charge is 2.50. The number of para-hydroxylation sites is 1. The van der Waals surface area contributed by atoms with Gasteiger partial charge in [0, 0.05) is 81.5 Å². The van der Waals surface area contributed by atoms with Crippen LogP contribution >= 0.6 is 0 Å². The topological polar surface area (TPSA) is 146 Å². The highest BCUT2D eigenvalue weighted by atomic mass is 32.2. The summed E-state index contributed by atoms with van der Waals surface area (Å²) >= 11 is 0. The van der Waals surface area contributed by atoms with Crippen molar-refractivity contribution in [3.63, 3.8) is 0 Å². The molecule has 2 aliphatic heterocycles. The van der Waals surface area contributed by atoms with Crippen molar-refractivity contribution in [1.82, 2.24) is 9.62 Å². The zero-order chi connectivity index (χ0) is 36.5. The fraction of sp³-hybridized carbons (Fsp3) is 0.513. The van der Waals surface area contributed by atoms with E-state index in [-0.39, 0.29) is 21.8 Å². The van der Waals surface area contributed by atoms with Gasteiger partial charge in [-0.3, -0.25) is 19.8 Å². The first kappa shape index (κ1) is 36.2. The average Bonchev–Trinajstić information content (AvgIpc) is 3.67. The molecule has 0 aromatic heterocycles. The van der Waals surface area contributed by atoms with E-state index in [9.17, 15) is 23.3 Å². The molecule has 2 heterocycles. The van der Waals surface area contributed by atoms with Crippen molar-refractivity contribution in [1.29, 1.82) is 0 Å². The number of hydrogen-bond acceptors (Lipinski definition) is 10. The van der Waals surface area contributed by atoms with Crippen molar-refractivity contribution in [2.24, 2.45) is 23.2 Å². The maximum absolute atomic E-state index is 13.1. The number of nitrogens with one attached hydrogen (secondary N) is 3. The fourth-order valence-corrected chi connectivity index (χ4v) is 9.65. The highest BCUT2D eigenvalue weighted by molar-refractivity contribution is 7.90. The van der Waals surface area contributed by atoms with Gasteiger partial charge in [-0.05, 0) is 103 Å². The molecule has 3 aromatic carbocycles. The number of benzene rings is 3. The molecule has 7 rings (SSSR count). The molecule has 2 aliphatic carbocycles. The van der Waals surface area contributed by atoms with Gasteiger partial charge >= 0.3 is 0 Å². The van der Waals surface area contributed by atoms with E-state index >= 15 is 0 Å². The molecule has 1 amide bonds. The number of fused-ring (bicyclic) bond motifs is 2. The Kier molecular flexibility index (Phi) is 10.5. The van der Waals surface area contributed by atoms with Crippen LogP contribution in [0.1, 0.15) is 61.9 Å². The quantitative estimate of drug-likeness (QED) is 0.147. The number of carbonyl (C=O) groups excluding carboxylic acids is 1. The van der Waals surface area contributed by atoms with Crippen molar-refractivity contribution < 1.29 is 22.9 Å². The lowest BCUT2D eigenvalue weighted by molar-refractivity contribution is -0.384. The minimum Gasteiger partial charge on any atom is -0.382 e. The summed E-state index contributed by atoms with van der Waals surface area (Å²) in [6, 6.07) is 19.8. The third-order valence-electron chi connectivity index (χ3n) is 11.8. The summed E-state index contributed by atoms with van der Waals surface area (Å²) in [6.07, 6.45) is 5.61. The molecule has 3 aromatic rings. The summed E-state index contributed by atoms with van der Waals surface area (Å²) in [7, 11) is -4.36. The lowest BCUT2D eigenvalue weighted by Crippen LogP contribution is -2.46. The molecule has 13 heteroatoms. The normalized spacial score (nSPS) is 23.3. The Labute approximate surface area is 306 Å². The molecule has 4 aliphatic rings. The molecule has 12 nitrogen and oxygen atoms in total. The Hall–Kier alpha value is -4.20. The van der Waals surface area contributed by atoms with Crippen LogP contribution in [-0.4, -0.2) is 76.1 Å². The van der Waals surface area contributed by atoms with Gasteiger partial charge in [-0.25, -0.2) is 13.1 Å². The van der Waals surface area contributed by atoms with E-state index in [1.807, 2.05) is 12.1 Å². The van der Waals surface area contributed by atoms with E-state index < -0.39 is 20.9 Å². The lowest BCUT2D eigenvalue weighted by atomic mass is 9.75. The van der Waals surface area contributed by atoms with Crippen LogP contribution in [0.4, 0.5) is 22.7 Å². The predicted molar refractivity (Wildman–Crippen MR) is 202 cm³/mol. The SMILES string of the molecule is CC1(C)C[C@H]2C[C@@H]1CC2Nc1ccccc1CN1CCN(c2ccc(C(=O)NS(=O)(=O)c3ccc(NCC4CCOCC4)c([N+](=O)[O-])c3)cc2)CC1. The zero-order valence-corrected chi connectivity index (χ0v) is 30.9. The van der Waals surface area contributed by atoms with Gasteiger partial charge in [0.1, 0.15) is 5.69 Å². The number of amides is 1.